The van der Waals surface area contributed by atoms with E-state index >= 15 is 0 Å². The molecule has 0 aliphatic carbocycles. The molecule has 3 rings (SSSR count). The van der Waals surface area contributed by atoms with Crippen LogP contribution in [-0.2, 0) is 6.42 Å². The number of ether oxygens (including phenoxy) is 1. The first-order valence-corrected chi connectivity index (χ1v) is 7.10. The van der Waals surface area contributed by atoms with Gasteiger partial charge in [-0.3, -0.25) is 0 Å². The first kappa shape index (κ1) is 12.5. The van der Waals surface area contributed by atoms with E-state index in [1.165, 1.54) is 32.4 Å². The van der Waals surface area contributed by atoms with Gasteiger partial charge in [-0.05, 0) is 38.1 Å². The summed E-state index contributed by atoms with van der Waals surface area (Å²) in [6.07, 6.45) is 9.05. The predicted octanol–water partition coefficient (Wildman–Crippen LogP) is 2.37. The maximum absolute atomic E-state index is 5.36. The largest absolute Gasteiger partial charge is 0.494 e. The molecule has 1 fully saturated rings. The van der Waals surface area contributed by atoms with Crippen LogP contribution in [0.1, 0.15) is 25.1 Å². The highest BCUT2D eigenvalue weighted by Gasteiger charge is 2.12. The lowest BCUT2D eigenvalue weighted by molar-refractivity contribution is 0.230. The van der Waals surface area contributed by atoms with Crippen LogP contribution in [0.25, 0.3) is 5.52 Å². The van der Waals surface area contributed by atoms with Crippen molar-refractivity contribution in [1.82, 2.24) is 14.3 Å². The Kier molecular flexibility index (Phi) is 3.69. The fourth-order valence-electron chi connectivity index (χ4n) is 2.85. The van der Waals surface area contributed by atoms with Crippen LogP contribution in [0, 0.1) is 0 Å². The van der Waals surface area contributed by atoms with Gasteiger partial charge < -0.3 is 14.0 Å². The predicted molar refractivity (Wildman–Crippen MR) is 75.7 cm³/mol. The maximum atomic E-state index is 5.36. The van der Waals surface area contributed by atoms with E-state index in [0.717, 1.165) is 30.1 Å². The Labute approximate surface area is 114 Å². The molecule has 0 atom stereocenters. The smallest absolute Gasteiger partial charge is 0.144 e. The molecular weight excluding hydrogens is 238 g/mol. The molecule has 19 heavy (non-hydrogen) atoms. The third-order valence-corrected chi connectivity index (χ3v) is 3.93. The van der Waals surface area contributed by atoms with Crippen molar-refractivity contribution >= 4 is 5.52 Å². The fourth-order valence-corrected chi connectivity index (χ4v) is 2.85. The Morgan fingerprint density at radius 3 is 2.89 bits per heavy atom. The summed E-state index contributed by atoms with van der Waals surface area (Å²) in [7, 11) is 1.70. The number of imidazole rings is 1. The number of likely N-dealkylation sites (tertiary alicyclic amines) is 1. The number of nitrogens with zero attached hydrogens (tertiary/aromatic N) is 3. The van der Waals surface area contributed by atoms with Crippen LogP contribution >= 0.6 is 0 Å². The molecule has 0 N–H and O–H groups in total. The minimum atomic E-state index is 0.888. The van der Waals surface area contributed by atoms with Crippen LogP contribution in [0.15, 0.2) is 24.5 Å². The van der Waals surface area contributed by atoms with Crippen LogP contribution in [0.5, 0.6) is 5.75 Å². The highest BCUT2D eigenvalue weighted by atomic mass is 16.5. The second-order valence-corrected chi connectivity index (χ2v) is 5.16. The lowest BCUT2D eigenvalue weighted by atomic mass is 10.1. The summed E-state index contributed by atoms with van der Waals surface area (Å²) in [6, 6.07) is 3.99. The minimum Gasteiger partial charge on any atom is -0.494 e. The lowest BCUT2D eigenvalue weighted by Crippen LogP contribution is -2.31. The normalized spacial score (nSPS) is 16.9. The first-order valence-electron chi connectivity index (χ1n) is 7.10. The number of piperidine rings is 1. The molecule has 0 aromatic carbocycles. The Hall–Kier alpha value is -1.55. The molecule has 4 heteroatoms. The molecule has 0 amide bonds. The van der Waals surface area contributed by atoms with Crippen molar-refractivity contribution in [3.8, 4) is 5.75 Å². The number of pyridine rings is 1. The van der Waals surface area contributed by atoms with Gasteiger partial charge in [-0.15, -0.1) is 0 Å². The van der Waals surface area contributed by atoms with E-state index in [1.807, 2.05) is 18.3 Å². The Balaban J connectivity index is 1.74. The van der Waals surface area contributed by atoms with Crippen molar-refractivity contribution in [1.29, 1.82) is 0 Å². The Morgan fingerprint density at radius 1 is 1.26 bits per heavy atom. The highest BCUT2D eigenvalue weighted by Crippen LogP contribution is 2.20. The van der Waals surface area contributed by atoms with E-state index in [4.69, 9.17) is 4.74 Å². The first-order chi connectivity index (χ1) is 9.38. The average molecular weight is 259 g/mol. The molecule has 1 saturated heterocycles. The third-order valence-electron chi connectivity index (χ3n) is 3.93. The summed E-state index contributed by atoms with van der Waals surface area (Å²) in [5.74, 6) is 2.01. The van der Waals surface area contributed by atoms with Crippen LogP contribution in [0.4, 0.5) is 0 Å². The zero-order chi connectivity index (χ0) is 13.1. The molecule has 0 radical (unpaired) electrons. The van der Waals surface area contributed by atoms with E-state index in [0.29, 0.717) is 0 Å². The standard InChI is InChI=1S/C15H21N3O/c1-19-14-6-5-10-18-13(14)12-16-15(18)7-11-17-8-3-2-4-9-17/h5-6,10,12H,2-4,7-9,11H2,1H3. The van der Waals surface area contributed by atoms with Crippen LogP contribution in [0.3, 0.4) is 0 Å². The fraction of sp³-hybridized carbons (Fsp3) is 0.533. The molecule has 102 valence electrons. The zero-order valence-corrected chi connectivity index (χ0v) is 11.5. The molecule has 4 nitrogen and oxygen atoms in total. The van der Waals surface area contributed by atoms with Gasteiger partial charge in [-0.1, -0.05) is 6.42 Å². The van der Waals surface area contributed by atoms with E-state index in [1.54, 1.807) is 7.11 Å². The Morgan fingerprint density at radius 2 is 2.11 bits per heavy atom. The van der Waals surface area contributed by atoms with Gasteiger partial charge in [0, 0.05) is 19.2 Å². The summed E-state index contributed by atoms with van der Waals surface area (Å²) in [6.45, 7) is 3.59. The van der Waals surface area contributed by atoms with Gasteiger partial charge in [-0.25, -0.2) is 4.98 Å². The quantitative estimate of drug-likeness (QED) is 0.844. The second-order valence-electron chi connectivity index (χ2n) is 5.16. The average Bonchev–Trinajstić information content (AvgIpc) is 2.89. The third kappa shape index (κ3) is 2.59. The van der Waals surface area contributed by atoms with Crippen LogP contribution < -0.4 is 4.74 Å². The van der Waals surface area contributed by atoms with E-state index in [9.17, 15) is 0 Å². The van der Waals surface area contributed by atoms with E-state index in [2.05, 4.69) is 20.5 Å². The van der Waals surface area contributed by atoms with Crippen LogP contribution in [-0.4, -0.2) is 41.0 Å². The molecule has 2 aromatic heterocycles. The van der Waals surface area contributed by atoms with E-state index < -0.39 is 0 Å². The topological polar surface area (TPSA) is 29.8 Å². The van der Waals surface area contributed by atoms with E-state index in [-0.39, 0.29) is 0 Å². The monoisotopic (exact) mass is 259 g/mol. The number of rotatable bonds is 4. The second kappa shape index (κ2) is 5.61. The van der Waals surface area contributed by atoms with Crippen molar-refractivity contribution in [2.24, 2.45) is 0 Å². The highest BCUT2D eigenvalue weighted by molar-refractivity contribution is 5.59. The van der Waals surface area contributed by atoms with Crippen molar-refractivity contribution < 1.29 is 4.74 Å². The summed E-state index contributed by atoms with van der Waals surface area (Å²) >= 11 is 0. The molecule has 0 saturated carbocycles. The molecule has 0 bridgehead atoms. The summed E-state index contributed by atoms with van der Waals surface area (Å²) in [5.41, 5.74) is 1.05. The number of hydrogen-bond donors (Lipinski definition) is 0. The van der Waals surface area contributed by atoms with Gasteiger partial charge in [0.15, 0.2) is 0 Å². The van der Waals surface area contributed by atoms with Gasteiger partial charge in [0.05, 0.1) is 13.3 Å². The van der Waals surface area contributed by atoms with Crippen molar-refractivity contribution in [2.75, 3.05) is 26.7 Å². The maximum Gasteiger partial charge on any atom is 0.144 e. The molecule has 0 unspecified atom stereocenters. The SMILES string of the molecule is COc1cccn2c(CCN3CCCCC3)ncc12. The molecule has 1 aliphatic heterocycles. The molecule has 2 aromatic rings. The minimum absolute atomic E-state index is 0.888. The molecular formula is C15H21N3O. The lowest BCUT2D eigenvalue weighted by Gasteiger charge is -2.25. The summed E-state index contributed by atoms with van der Waals surface area (Å²) in [5, 5.41) is 0. The molecule has 3 heterocycles. The van der Waals surface area contributed by atoms with Crippen LogP contribution in [0.2, 0.25) is 0 Å². The number of aromatic nitrogens is 2. The summed E-state index contributed by atoms with van der Waals surface area (Å²) < 4.78 is 7.51. The summed E-state index contributed by atoms with van der Waals surface area (Å²) in [4.78, 5) is 7.09. The van der Waals surface area contributed by atoms with Gasteiger partial charge in [-0.2, -0.15) is 0 Å². The molecule has 0 spiro atoms. The van der Waals surface area contributed by atoms with Crippen molar-refractivity contribution in [2.45, 2.75) is 25.7 Å². The van der Waals surface area contributed by atoms with Crippen molar-refractivity contribution in [3.63, 3.8) is 0 Å². The number of fused-ring (bicyclic) bond motifs is 1. The van der Waals surface area contributed by atoms with Gasteiger partial charge in [0.1, 0.15) is 17.1 Å². The van der Waals surface area contributed by atoms with Gasteiger partial charge >= 0.3 is 0 Å². The molecule has 1 aliphatic rings. The number of hydrogen-bond acceptors (Lipinski definition) is 3. The van der Waals surface area contributed by atoms with Crippen molar-refractivity contribution in [3.05, 3.63) is 30.4 Å². The van der Waals surface area contributed by atoms with Gasteiger partial charge in [0.25, 0.3) is 0 Å². The zero-order valence-electron chi connectivity index (χ0n) is 11.5. The number of methoxy groups -OCH3 is 1. The van der Waals surface area contributed by atoms with Gasteiger partial charge in [0.2, 0.25) is 0 Å². The Bertz CT molecular complexity index is 543.